The van der Waals surface area contributed by atoms with E-state index in [1.165, 1.54) is 76.5 Å². The van der Waals surface area contributed by atoms with Gasteiger partial charge in [-0.2, -0.15) is 0 Å². The Hall–Kier alpha value is -0.870. The minimum atomic E-state index is 0.0549. The van der Waals surface area contributed by atoms with E-state index < -0.39 is 0 Å². The summed E-state index contributed by atoms with van der Waals surface area (Å²) in [6, 6.07) is 11.3. The van der Waals surface area contributed by atoms with Crippen molar-refractivity contribution >= 4 is 13.2 Å². The van der Waals surface area contributed by atoms with Crippen LogP contribution in [0.2, 0.25) is 0 Å². The third-order valence-corrected chi connectivity index (χ3v) is 7.03. The van der Waals surface area contributed by atoms with Gasteiger partial charge < -0.3 is 0 Å². The van der Waals surface area contributed by atoms with Gasteiger partial charge in [0.2, 0.25) is 0 Å². The molecular formula is C22H35P. The summed E-state index contributed by atoms with van der Waals surface area (Å²) in [5.74, 6) is 0. The van der Waals surface area contributed by atoms with E-state index in [0.29, 0.717) is 0 Å². The molecule has 0 aliphatic carbocycles. The van der Waals surface area contributed by atoms with Gasteiger partial charge in [0.15, 0.2) is 0 Å². The van der Waals surface area contributed by atoms with Crippen molar-refractivity contribution in [1.29, 1.82) is 0 Å². The van der Waals surface area contributed by atoms with Gasteiger partial charge >= 0.3 is 0 Å². The van der Waals surface area contributed by atoms with Crippen LogP contribution in [0.4, 0.5) is 0 Å². The fraction of sp³-hybridized carbons (Fsp3) is 0.545. The maximum Gasteiger partial charge on any atom is -0.0240 e. The molecule has 0 amide bonds. The van der Waals surface area contributed by atoms with Crippen LogP contribution in [0.15, 0.2) is 55.6 Å². The zero-order valence-electron chi connectivity index (χ0n) is 14.9. The number of benzene rings is 1. The summed E-state index contributed by atoms with van der Waals surface area (Å²) in [6.45, 7) is 7.61. The average molecular weight is 330 g/mol. The lowest BCUT2D eigenvalue weighted by Gasteiger charge is -2.18. The zero-order chi connectivity index (χ0) is 16.6. The molecule has 0 unspecified atom stereocenters. The first-order valence-corrected chi connectivity index (χ1v) is 11.1. The first kappa shape index (κ1) is 20.2. The van der Waals surface area contributed by atoms with E-state index in [0.717, 1.165) is 0 Å². The second-order valence-corrected chi connectivity index (χ2v) is 8.80. The van der Waals surface area contributed by atoms with Crippen molar-refractivity contribution in [1.82, 2.24) is 0 Å². The van der Waals surface area contributed by atoms with Gasteiger partial charge in [0.05, 0.1) is 0 Å². The van der Waals surface area contributed by atoms with Gasteiger partial charge in [0, 0.05) is 0 Å². The zero-order valence-corrected chi connectivity index (χ0v) is 15.8. The number of hydrogen-bond acceptors (Lipinski definition) is 0. The summed E-state index contributed by atoms with van der Waals surface area (Å²) >= 11 is 0. The second-order valence-electron chi connectivity index (χ2n) is 6.31. The second kappa shape index (κ2) is 14.7. The van der Waals surface area contributed by atoms with Crippen LogP contribution in [0.3, 0.4) is 0 Å². The molecular weight excluding hydrogens is 295 g/mol. The standard InChI is InChI=1S/C22H35P/c1-3-5-7-9-11-16-20-23(22-18-14-13-15-19-22)21-17-12-10-8-6-4-2/h3-4,13-15,18-19H,1-2,5-12,16-17,20-21H2. The Kier molecular flexibility index (Phi) is 12.9. The van der Waals surface area contributed by atoms with Gasteiger partial charge in [0.25, 0.3) is 0 Å². The Labute approximate surface area is 145 Å². The van der Waals surface area contributed by atoms with E-state index in [-0.39, 0.29) is 7.92 Å². The van der Waals surface area contributed by atoms with Gasteiger partial charge in [-0.25, -0.2) is 0 Å². The van der Waals surface area contributed by atoms with E-state index in [1.54, 1.807) is 5.30 Å². The summed E-state index contributed by atoms with van der Waals surface area (Å²) in [5, 5.41) is 1.61. The van der Waals surface area contributed by atoms with E-state index in [9.17, 15) is 0 Å². The highest BCUT2D eigenvalue weighted by Gasteiger charge is 2.10. The molecule has 1 aromatic rings. The predicted octanol–water partition coefficient (Wildman–Crippen LogP) is 7.07. The van der Waals surface area contributed by atoms with Crippen molar-refractivity contribution in [3.8, 4) is 0 Å². The monoisotopic (exact) mass is 330 g/mol. The van der Waals surface area contributed by atoms with Crippen LogP contribution in [-0.2, 0) is 0 Å². The molecule has 0 spiro atoms. The highest BCUT2D eigenvalue weighted by Crippen LogP contribution is 2.37. The minimum Gasteiger partial charge on any atom is -0.103 e. The van der Waals surface area contributed by atoms with E-state index in [2.05, 4.69) is 43.5 Å². The molecule has 23 heavy (non-hydrogen) atoms. The molecule has 1 aromatic carbocycles. The average Bonchev–Trinajstić information content (AvgIpc) is 2.60. The largest absolute Gasteiger partial charge is 0.103 e. The molecule has 1 rings (SSSR count). The minimum absolute atomic E-state index is 0.0549. The first-order chi connectivity index (χ1) is 11.4. The van der Waals surface area contributed by atoms with Crippen molar-refractivity contribution in [3.63, 3.8) is 0 Å². The molecule has 0 saturated carbocycles. The number of hydrogen-bond donors (Lipinski definition) is 0. The molecule has 0 aliphatic heterocycles. The van der Waals surface area contributed by atoms with Crippen LogP contribution in [0.5, 0.6) is 0 Å². The lowest BCUT2D eigenvalue weighted by Crippen LogP contribution is -2.06. The van der Waals surface area contributed by atoms with Gasteiger partial charge in [-0.15, -0.1) is 13.2 Å². The van der Waals surface area contributed by atoms with Crippen molar-refractivity contribution in [2.24, 2.45) is 0 Å². The molecule has 0 aliphatic rings. The van der Waals surface area contributed by atoms with E-state index >= 15 is 0 Å². The van der Waals surface area contributed by atoms with Crippen molar-refractivity contribution < 1.29 is 0 Å². The van der Waals surface area contributed by atoms with Crippen molar-refractivity contribution in [2.75, 3.05) is 12.3 Å². The van der Waals surface area contributed by atoms with Crippen molar-refractivity contribution in [2.45, 2.75) is 64.2 Å². The highest BCUT2D eigenvalue weighted by molar-refractivity contribution is 7.65. The summed E-state index contributed by atoms with van der Waals surface area (Å²) < 4.78 is 0. The number of unbranched alkanes of at least 4 members (excludes halogenated alkanes) is 8. The highest BCUT2D eigenvalue weighted by atomic mass is 31.1. The Morgan fingerprint density at radius 1 is 0.652 bits per heavy atom. The van der Waals surface area contributed by atoms with E-state index in [1.807, 2.05) is 12.2 Å². The predicted molar refractivity (Wildman–Crippen MR) is 109 cm³/mol. The van der Waals surface area contributed by atoms with Crippen LogP contribution in [0.25, 0.3) is 0 Å². The molecule has 0 aromatic heterocycles. The molecule has 0 saturated heterocycles. The molecule has 0 nitrogen and oxygen atoms in total. The van der Waals surface area contributed by atoms with Gasteiger partial charge in [-0.3, -0.25) is 0 Å². The van der Waals surface area contributed by atoms with Gasteiger partial charge in [-0.05, 0) is 56.2 Å². The SMILES string of the molecule is C=CCCCCCCP(CCCCCCC=C)c1ccccc1. The van der Waals surface area contributed by atoms with Gasteiger partial charge in [0.1, 0.15) is 0 Å². The molecule has 0 heterocycles. The smallest absolute Gasteiger partial charge is 0.0240 e. The number of allylic oxidation sites excluding steroid dienone is 2. The normalized spacial score (nSPS) is 10.8. The fourth-order valence-corrected chi connectivity index (χ4v) is 5.44. The Bertz CT molecular complexity index is 376. The quantitative estimate of drug-likeness (QED) is 0.183. The lowest BCUT2D eigenvalue weighted by molar-refractivity contribution is 0.671. The molecule has 0 radical (unpaired) electrons. The molecule has 0 atom stereocenters. The topological polar surface area (TPSA) is 0 Å². The summed E-state index contributed by atoms with van der Waals surface area (Å²) in [5.41, 5.74) is 0. The Morgan fingerprint density at radius 2 is 1.13 bits per heavy atom. The Morgan fingerprint density at radius 3 is 1.61 bits per heavy atom. The van der Waals surface area contributed by atoms with Crippen LogP contribution in [-0.4, -0.2) is 12.3 Å². The van der Waals surface area contributed by atoms with Crippen molar-refractivity contribution in [3.05, 3.63) is 55.6 Å². The summed E-state index contributed by atoms with van der Waals surface area (Å²) in [4.78, 5) is 0. The maximum absolute atomic E-state index is 3.80. The van der Waals surface area contributed by atoms with Crippen LogP contribution in [0, 0.1) is 0 Å². The van der Waals surface area contributed by atoms with Gasteiger partial charge in [-0.1, -0.05) is 76.1 Å². The Balaban J connectivity index is 2.29. The molecule has 128 valence electrons. The lowest BCUT2D eigenvalue weighted by atomic mass is 10.1. The van der Waals surface area contributed by atoms with Crippen LogP contribution in [0.1, 0.15) is 64.2 Å². The molecule has 0 N–H and O–H groups in total. The summed E-state index contributed by atoms with van der Waals surface area (Å²) in [7, 11) is 0.0549. The number of rotatable bonds is 15. The van der Waals surface area contributed by atoms with Crippen LogP contribution >= 0.6 is 7.92 Å². The third-order valence-electron chi connectivity index (χ3n) is 4.29. The van der Waals surface area contributed by atoms with Crippen LogP contribution < -0.4 is 5.30 Å². The fourth-order valence-electron chi connectivity index (χ4n) is 2.90. The van der Waals surface area contributed by atoms with E-state index in [4.69, 9.17) is 0 Å². The first-order valence-electron chi connectivity index (χ1n) is 9.40. The molecule has 1 heteroatoms. The summed E-state index contributed by atoms with van der Waals surface area (Å²) in [6.07, 6.45) is 20.2. The maximum atomic E-state index is 3.80. The third kappa shape index (κ3) is 10.5. The molecule has 0 fully saturated rings. The molecule has 0 bridgehead atoms.